The van der Waals surface area contributed by atoms with Gasteiger partial charge in [-0.05, 0) is 13.3 Å². The van der Waals surface area contributed by atoms with Crippen LogP contribution in [0.5, 0.6) is 0 Å². The van der Waals surface area contributed by atoms with Gasteiger partial charge in [0, 0.05) is 31.7 Å². The third kappa shape index (κ3) is 9.63. The van der Waals surface area contributed by atoms with Gasteiger partial charge in [0.2, 0.25) is 5.91 Å². The van der Waals surface area contributed by atoms with Crippen LogP contribution >= 0.6 is 15.6 Å². The summed E-state index contributed by atoms with van der Waals surface area (Å²) in [7, 11) is -11.2. The van der Waals surface area contributed by atoms with Gasteiger partial charge in [0.15, 0.2) is 6.23 Å². The van der Waals surface area contributed by atoms with Gasteiger partial charge in [0.1, 0.15) is 12.2 Å². The molecule has 8 N–H and O–H groups in total. The topological polar surface area (TPSA) is 299 Å². The van der Waals surface area contributed by atoms with Crippen molar-refractivity contribution >= 4 is 21.6 Å². The Bertz CT molecular complexity index is 1210. The number of nitrogens with zero attached hydrogens (tertiary/aromatic N) is 1. The van der Waals surface area contributed by atoms with E-state index in [2.05, 4.69) is 14.2 Å². The first-order valence-electron chi connectivity index (χ1n) is 11.7. The molecular formula is C19H32N3O16P2-. The number of aromatic nitrogens is 2. The van der Waals surface area contributed by atoms with Crippen molar-refractivity contribution in [1.82, 2.24) is 14.9 Å². The minimum absolute atomic E-state index is 0.407. The SMILES string of the molecule is CC(=O)NC1[C@@H](O)[C@H](O)C(CO)C[C@H]1OP(=O)([O-])OP(=O)(O)OCC(C)OC(C(O)CO)n1ccc(=O)[nH]c1=O. The number of aliphatic hydroxyl groups excluding tert-OH is 5. The molecule has 0 bridgehead atoms. The molecule has 21 heteroatoms. The lowest BCUT2D eigenvalue weighted by Gasteiger charge is -2.43. The van der Waals surface area contributed by atoms with E-state index in [1.54, 1.807) is 0 Å². The van der Waals surface area contributed by atoms with E-state index in [0.717, 1.165) is 19.2 Å². The second-order valence-corrected chi connectivity index (χ2v) is 11.9. The van der Waals surface area contributed by atoms with Crippen LogP contribution in [0.2, 0.25) is 0 Å². The highest BCUT2D eigenvalue weighted by molar-refractivity contribution is 7.60. The molecule has 0 aliphatic heterocycles. The van der Waals surface area contributed by atoms with Gasteiger partial charge in [-0.15, -0.1) is 0 Å². The summed E-state index contributed by atoms with van der Waals surface area (Å²) in [4.78, 5) is 59.1. The molecule has 40 heavy (non-hydrogen) atoms. The van der Waals surface area contributed by atoms with Gasteiger partial charge in [0.25, 0.3) is 13.4 Å². The fraction of sp³-hybridized carbons (Fsp3) is 0.737. The maximum atomic E-state index is 12.4. The van der Waals surface area contributed by atoms with Crippen molar-refractivity contribution in [2.45, 2.75) is 63.1 Å². The van der Waals surface area contributed by atoms with Gasteiger partial charge < -0.3 is 49.9 Å². The molecule has 10 atom stereocenters. The smallest absolute Gasteiger partial charge is 0.478 e. The molecule has 1 amide bonds. The van der Waals surface area contributed by atoms with Gasteiger partial charge in [-0.1, -0.05) is 0 Å². The third-order valence-corrected chi connectivity index (χ3v) is 8.32. The molecule has 0 spiro atoms. The first kappa shape index (κ1) is 34.4. The molecule has 0 saturated heterocycles. The Morgan fingerprint density at radius 3 is 2.48 bits per heavy atom. The average Bonchev–Trinajstić information content (AvgIpc) is 2.84. The molecule has 0 aromatic carbocycles. The number of rotatable bonds is 14. The molecule has 0 radical (unpaired) electrons. The first-order chi connectivity index (χ1) is 18.5. The van der Waals surface area contributed by atoms with E-state index in [-0.39, 0.29) is 0 Å². The predicted molar refractivity (Wildman–Crippen MR) is 128 cm³/mol. The largest absolute Gasteiger partial charge is 0.756 e. The maximum absolute atomic E-state index is 12.4. The number of hydrogen-bond donors (Lipinski definition) is 8. The highest BCUT2D eigenvalue weighted by atomic mass is 31.3. The number of carbonyl (C=O) groups is 1. The highest BCUT2D eigenvalue weighted by Crippen LogP contribution is 2.59. The minimum atomic E-state index is -5.72. The summed E-state index contributed by atoms with van der Waals surface area (Å²) in [6.45, 7) is -0.186. The lowest BCUT2D eigenvalue weighted by molar-refractivity contribution is -0.229. The Kier molecular flexibility index (Phi) is 12.3. The highest BCUT2D eigenvalue weighted by Gasteiger charge is 2.46. The summed E-state index contributed by atoms with van der Waals surface area (Å²) in [6.07, 6.45) is -8.97. The number of phosphoric ester groups is 2. The molecule has 1 fully saturated rings. The molecule has 1 aliphatic rings. The number of amides is 1. The summed E-state index contributed by atoms with van der Waals surface area (Å²) in [5.74, 6) is -1.80. The Morgan fingerprint density at radius 2 is 1.93 bits per heavy atom. The number of aliphatic hydroxyl groups is 5. The van der Waals surface area contributed by atoms with Crippen LogP contribution in [0.1, 0.15) is 26.5 Å². The molecule has 7 unspecified atom stereocenters. The van der Waals surface area contributed by atoms with Crippen LogP contribution in [-0.4, -0.2) is 102 Å². The zero-order valence-corrected chi connectivity index (χ0v) is 23.0. The van der Waals surface area contributed by atoms with E-state index in [4.69, 9.17) is 9.26 Å². The van der Waals surface area contributed by atoms with E-state index >= 15 is 0 Å². The van der Waals surface area contributed by atoms with E-state index in [1.807, 2.05) is 4.98 Å². The van der Waals surface area contributed by atoms with E-state index < -0.39 is 108 Å². The number of ether oxygens (including phenoxy) is 1. The summed E-state index contributed by atoms with van der Waals surface area (Å²) >= 11 is 0. The molecule has 1 aliphatic carbocycles. The first-order valence-corrected chi connectivity index (χ1v) is 14.6. The van der Waals surface area contributed by atoms with Crippen molar-refractivity contribution in [3.63, 3.8) is 0 Å². The van der Waals surface area contributed by atoms with Crippen molar-refractivity contribution in [3.05, 3.63) is 33.1 Å². The van der Waals surface area contributed by atoms with Crippen LogP contribution in [0.3, 0.4) is 0 Å². The zero-order chi connectivity index (χ0) is 30.4. The Labute approximate surface area is 226 Å². The number of nitrogens with one attached hydrogen (secondary N) is 2. The van der Waals surface area contributed by atoms with Gasteiger partial charge in [-0.3, -0.25) is 28.2 Å². The molecule has 1 aromatic heterocycles. The van der Waals surface area contributed by atoms with Crippen molar-refractivity contribution in [1.29, 1.82) is 0 Å². The van der Waals surface area contributed by atoms with Crippen LogP contribution in [0.25, 0.3) is 0 Å². The van der Waals surface area contributed by atoms with Gasteiger partial charge in [-0.25, -0.2) is 13.7 Å². The van der Waals surface area contributed by atoms with Crippen LogP contribution in [0, 0.1) is 5.92 Å². The van der Waals surface area contributed by atoms with Gasteiger partial charge in [0.05, 0.1) is 37.6 Å². The normalized spacial score (nSPS) is 28.6. The Morgan fingerprint density at radius 1 is 1.27 bits per heavy atom. The van der Waals surface area contributed by atoms with Crippen molar-refractivity contribution < 1.29 is 67.3 Å². The summed E-state index contributed by atoms with van der Waals surface area (Å²) in [5.41, 5.74) is -1.77. The molecule has 2 rings (SSSR count). The van der Waals surface area contributed by atoms with Crippen LogP contribution < -0.4 is 21.5 Å². The van der Waals surface area contributed by atoms with E-state index in [9.17, 15) is 58.8 Å². The second-order valence-electron chi connectivity index (χ2n) is 8.93. The molecule has 230 valence electrons. The lowest BCUT2D eigenvalue weighted by Crippen LogP contribution is -2.61. The molecule has 1 heterocycles. The predicted octanol–water partition coefficient (Wildman–Crippen LogP) is -3.98. The van der Waals surface area contributed by atoms with Gasteiger partial charge in [-0.2, -0.15) is 0 Å². The number of carbonyl (C=O) groups excluding carboxylic acids is 1. The molecule has 1 saturated carbocycles. The van der Waals surface area contributed by atoms with Crippen molar-refractivity contribution in [2.75, 3.05) is 19.8 Å². The second kappa shape index (κ2) is 14.4. The Hall–Kier alpha value is -1.83. The number of H-pyrrole nitrogens is 1. The van der Waals surface area contributed by atoms with Crippen LogP contribution in [0.4, 0.5) is 0 Å². The summed E-state index contributed by atoms with van der Waals surface area (Å²) in [6, 6.07) is -0.574. The van der Waals surface area contributed by atoms with Crippen molar-refractivity contribution in [2.24, 2.45) is 5.92 Å². The number of hydrogen-bond acceptors (Lipinski definition) is 15. The molecule has 19 nitrogen and oxygen atoms in total. The summed E-state index contributed by atoms with van der Waals surface area (Å²) < 4.78 is 44.4. The average molecular weight is 620 g/mol. The van der Waals surface area contributed by atoms with Crippen molar-refractivity contribution in [3.8, 4) is 0 Å². The maximum Gasteiger partial charge on any atom is 0.478 e. The third-order valence-electron chi connectivity index (χ3n) is 5.69. The minimum Gasteiger partial charge on any atom is -0.756 e. The fourth-order valence-corrected chi connectivity index (χ4v) is 6.17. The monoisotopic (exact) mass is 620 g/mol. The van der Waals surface area contributed by atoms with E-state index in [1.165, 1.54) is 6.92 Å². The van der Waals surface area contributed by atoms with Gasteiger partial charge >= 0.3 is 13.5 Å². The standard InChI is InChI=1S/C19H33N3O16P2/c1-9(36-18(12(26)7-24)22-4-3-14(27)21-19(22)30)8-35-39(31,32)38-40(33,34)37-13-5-11(6-23)16(28)17(29)15(13)20-10(2)25/h3-4,9,11-13,15-18,23-24,26,28-29H,5-8H2,1-2H3,(H,20,25)(H,31,32)(H,33,34)(H,21,27,30)/p-1/t9?,11?,12?,13-,15?,16-,17-,18?/m1/s1. The van der Waals surface area contributed by atoms with Crippen LogP contribution in [-0.2, 0) is 32.0 Å². The van der Waals surface area contributed by atoms with Crippen LogP contribution in [0.15, 0.2) is 21.9 Å². The zero-order valence-electron chi connectivity index (χ0n) is 21.2. The summed E-state index contributed by atoms with van der Waals surface area (Å²) in [5, 5.41) is 51.3. The van der Waals surface area contributed by atoms with E-state index in [0.29, 0.717) is 4.57 Å². The lowest BCUT2D eigenvalue weighted by atomic mass is 9.80. The molecule has 1 aromatic rings. The number of aromatic amines is 1. The quantitative estimate of drug-likeness (QED) is 0.0920. The fourth-order valence-electron chi connectivity index (χ4n) is 3.87. The Balaban J connectivity index is 2.08. The number of phosphoric acid groups is 2. The molecular weight excluding hydrogens is 588 g/mol.